The molecular formula is C32H40N10O6. The topological polar surface area (TPSA) is 260 Å². The molecule has 0 saturated carbocycles. The lowest BCUT2D eigenvalue weighted by molar-refractivity contribution is -0.134. The van der Waals surface area contributed by atoms with E-state index < -0.39 is 36.1 Å². The first-order valence-corrected chi connectivity index (χ1v) is 15.3. The molecule has 0 bridgehead atoms. The van der Waals surface area contributed by atoms with E-state index in [4.69, 9.17) is 26.1 Å². The van der Waals surface area contributed by atoms with Gasteiger partial charge in [-0.2, -0.15) is 4.98 Å². The summed E-state index contributed by atoms with van der Waals surface area (Å²) < 4.78 is 10.7. The minimum Gasteiger partial charge on any atom is -0.508 e. The molecule has 4 rings (SSSR count). The highest BCUT2D eigenvalue weighted by Crippen LogP contribution is 2.23. The molecule has 48 heavy (non-hydrogen) atoms. The van der Waals surface area contributed by atoms with Crippen molar-refractivity contribution < 1.29 is 28.8 Å². The Hall–Kier alpha value is -5.93. The maximum Gasteiger partial charge on any atom is 0.405 e. The number of phenols is 1. The summed E-state index contributed by atoms with van der Waals surface area (Å²) in [6, 6.07) is 10.7. The van der Waals surface area contributed by atoms with Crippen LogP contribution in [0.5, 0.6) is 5.75 Å². The second kappa shape index (κ2) is 16.6. The molecule has 16 nitrogen and oxygen atoms in total. The maximum atomic E-state index is 14.1. The predicted octanol–water partition coefficient (Wildman–Crippen LogP) is 1.56. The van der Waals surface area contributed by atoms with Gasteiger partial charge in [0.25, 0.3) is 5.91 Å². The fourth-order valence-corrected chi connectivity index (χ4v) is 5.21. The standard InChI is InChI=1S/C32H40N10O6/c1-18-11-22(43)12-19(2)23(18)15-24(39-29(45)26(47-32(35)46)9-6-10-37-31(33)34)28(44)40-25(14-21-16-36-17-38-21)30-41-27(42-48-30)13-20-7-4-3-5-8-20/h3-5,7-8,11-12,16-17,24-26,43H,6,9-10,13-15H2,1-2H3,(H2,35,46)(H,36,38)(H,39,45)(H,40,44)(H4,33,34,37)/t24?,25-,26?/m0/s1. The number of hydrogen-bond acceptors (Lipinski definition) is 10. The molecule has 0 aliphatic rings. The van der Waals surface area contributed by atoms with Gasteiger partial charge in [-0.05, 0) is 61.1 Å². The number of aromatic nitrogens is 4. The summed E-state index contributed by atoms with van der Waals surface area (Å²) in [6.07, 6.45) is 1.66. The van der Waals surface area contributed by atoms with Crippen molar-refractivity contribution in [3.05, 3.63) is 94.7 Å². The van der Waals surface area contributed by atoms with Crippen molar-refractivity contribution in [1.29, 1.82) is 5.41 Å². The Morgan fingerprint density at radius 1 is 1.06 bits per heavy atom. The zero-order valence-electron chi connectivity index (χ0n) is 26.7. The van der Waals surface area contributed by atoms with Gasteiger partial charge < -0.3 is 46.8 Å². The minimum absolute atomic E-state index is 0.0307. The molecule has 0 radical (unpaired) electrons. The SMILES string of the molecule is Cc1cc(O)cc(C)c1CC(NC(=O)C(CCCNC(=N)N)OC(N)=O)C(=O)N[C@@H](Cc1c[nH]cn1)c1nc(Cc2ccccc2)no1. The first-order chi connectivity index (χ1) is 23.0. The lowest BCUT2D eigenvalue weighted by Gasteiger charge is -2.25. The number of primary amides is 1. The quantitative estimate of drug-likeness (QED) is 0.0486. The summed E-state index contributed by atoms with van der Waals surface area (Å²) >= 11 is 0. The Labute approximate surface area is 276 Å². The zero-order chi connectivity index (χ0) is 34.6. The Morgan fingerprint density at radius 3 is 2.44 bits per heavy atom. The molecule has 2 aromatic carbocycles. The number of aromatic amines is 1. The number of carbonyl (C=O) groups excluding carboxylic acids is 3. The lowest BCUT2D eigenvalue weighted by atomic mass is 9.95. The number of nitrogens with zero attached hydrogens (tertiary/aromatic N) is 3. The van der Waals surface area contributed by atoms with E-state index in [0.717, 1.165) is 11.1 Å². The number of nitrogens with one attached hydrogen (secondary N) is 5. The van der Waals surface area contributed by atoms with Gasteiger partial charge in [-0.15, -0.1) is 0 Å². The molecule has 0 aliphatic heterocycles. The summed E-state index contributed by atoms with van der Waals surface area (Å²) in [5.74, 6) is -0.960. The van der Waals surface area contributed by atoms with Gasteiger partial charge in [0.1, 0.15) is 17.8 Å². The summed E-state index contributed by atoms with van der Waals surface area (Å²) in [5.41, 5.74) is 14.3. The Kier molecular flexibility index (Phi) is 12.1. The molecule has 2 unspecified atom stereocenters. The number of aromatic hydroxyl groups is 1. The number of imidazole rings is 1. The van der Waals surface area contributed by atoms with Crippen LogP contribution in [0, 0.1) is 19.3 Å². The summed E-state index contributed by atoms with van der Waals surface area (Å²) in [4.78, 5) is 51.0. The number of benzene rings is 2. The molecule has 0 aliphatic carbocycles. The molecule has 2 aromatic heterocycles. The fourth-order valence-electron chi connectivity index (χ4n) is 5.21. The fraction of sp³-hybridized carbons (Fsp3) is 0.344. The van der Waals surface area contributed by atoms with E-state index in [1.54, 1.807) is 32.2 Å². The predicted molar refractivity (Wildman–Crippen MR) is 174 cm³/mol. The summed E-state index contributed by atoms with van der Waals surface area (Å²) in [5, 5.41) is 29.8. The molecule has 3 atom stereocenters. The third kappa shape index (κ3) is 10.3. The van der Waals surface area contributed by atoms with Crippen molar-refractivity contribution in [2.45, 2.75) is 64.1 Å². The summed E-state index contributed by atoms with van der Waals surface area (Å²) in [6.45, 7) is 3.81. The second-order valence-corrected chi connectivity index (χ2v) is 11.3. The second-order valence-electron chi connectivity index (χ2n) is 11.3. The molecule has 16 heteroatoms. The van der Waals surface area contributed by atoms with Gasteiger partial charge in [0, 0.05) is 32.0 Å². The average molecular weight is 661 g/mol. The lowest BCUT2D eigenvalue weighted by Crippen LogP contribution is -2.52. The number of rotatable bonds is 16. The molecule has 254 valence electrons. The minimum atomic E-state index is -1.33. The van der Waals surface area contributed by atoms with Crippen LogP contribution in [0.15, 0.2) is 59.5 Å². The highest BCUT2D eigenvalue weighted by molar-refractivity contribution is 5.90. The van der Waals surface area contributed by atoms with E-state index in [9.17, 15) is 19.5 Å². The van der Waals surface area contributed by atoms with E-state index in [2.05, 4.69) is 36.1 Å². The molecule has 0 saturated heterocycles. The first-order valence-electron chi connectivity index (χ1n) is 15.3. The average Bonchev–Trinajstić information content (AvgIpc) is 3.72. The zero-order valence-corrected chi connectivity index (χ0v) is 26.7. The largest absolute Gasteiger partial charge is 0.508 e. The number of aryl methyl sites for hydroxylation is 2. The van der Waals surface area contributed by atoms with Crippen molar-refractivity contribution in [3.63, 3.8) is 0 Å². The van der Waals surface area contributed by atoms with E-state index in [0.29, 0.717) is 35.5 Å². The number of H-pyrrole nitrogens is 1. The van der Waals surface area contributed by atoms with Gasteiger partial charge in [-0.1, -0.05) is 35.5 Å². The van der Waals surface area contributed by atoms with Crippen molar-refractivity contribution in [3.8, 4) is 5.75 Å². The van der Waals surface area contributed by atoms with Crippen LogP contribution in [0.4, 0.5) is 4.79 Å². The van der Waals surface area contributed by atoms with Crippen LogP contribution in [-0.2, 0) is 33.6 Å². The van der Waals surface area contributed by atoms with Gasteiger partial charge in [0.2, 0.25) is 11.8 Å². The van der Waals surface area contributed by atoms with E-state index in [1.807, 2.05) is 30.3 Å². The van der Waals surface area contributed by atoms with Gasteiger partial charge in [0.05, 0.1) is 12.0 Å². The molecule has 3 amide bonds. The van der Waals surface area contributed by atoms with Gasteiger partial charge in [0.15, 0.2) is 17.9 Å². The molecule has 10 N–H and O–H groups in total. The molecule has 2 heterocycles. The molecule has 4 aromatic rings. The van der Waals surface area contributed by atoms with Crippen molar-refractivity contribution >= 4 is 23.9 Å². The number of guanidine groups is 1. The van der Waals surface area contributed by atoms with Crippen LogP contribution in [0.25, 0.3) is 0 Å². The van der Waals surface area contributed by atoms with Crippen molar-refractivity contribution in [2.75, 3.05) is 6.54 Å². The van der Waals surface area contributed by atoms with Crippen molar-refractivity contribution in [2.24, 2.45) is 11.5 Å². The third-order valence-electron chi connectivity index (χ3n) is 7.50. The Morgan fingerprint density at radius 2 is 1.79 bits per heavy atom. The van der Waals surface area contributed by atoms with Crippen LogP contribution >= 0.6 is 0 Å². The molecule has 0 fully saturated rings. The van der Waals surface area contributed by atoms with Gasteiger partial charge in [-0.25, -0.2) is 9.78 Å². The number of nitrogens with two attached hydrogens (primary N) is 2. The Bertz CT molecular complexity index is 1670. The van der Waals surface area contributed by atoms with Gasteiger partial charge >= 0.3 is 6.09 Å². The number of hydrogen-bond donors (Lipinski definition) is 8. The van der Waals surface area contributed by atoms with E-state index >= 15 is 0 Å². The third-order valence-corrected chi connectivity index (χ3v) is 7.50. The van der Waals surface area contributed by atoms with Crippen LogP contribution in [0.2, 0.25) is 0 Å². The number of amides is 3. The van der Waals surface area contributed by atoms with Crippen LogP contribution in [0.1, 0.15) is 58.5 Å². The van der Waals surface area contributed by atoms with Crippen LogP contribution < -0.4 is 27.4 Å². The van der Waals surface area contributed by atoms with E-state index in [1.165, 1.54) is 6.33 Å². The number of carbonyl (C=O) groups is 3. The Balaban J connectivity index is 1.60. The normalized spacial score (nSPS) is 12.8. The highest BCUT2D eigenvalue weighted by Gasteiger charge is 2.31. The monoisotopic (exact) mass is 660 g/mol. The maximum absolute atomic E-state index is 14.1. The van der Waals surface area contributed by atoms with Crippen molar-refractivity contribution in [1.82, 2.24) is 36.1 Å². The van der Waals surface area contributed by atoms with E-state index in [-0.39, 0.29) is 43.4 Å². The van der Waals surface area contributed by atoms with Crippen LogP contribution in [-0.4, -0.2) is 67.8 Å². The summed E-state index contributed by atoms with van der Waals surface area (Å²) in [7, 11) is 0. The molecule has 0 spiro atoms. The highest BCUT2D eigenvalue weighted by atomic mass is 16.6. The smallest absolute Gasteiger partial charge is 0.405 e. The van der Waals surface area contributed by atoms with Crippen LogP contribution in [0.3, 0.4) is 0 Å². The molecular weight excluding hydrogens is 620 g/mol. The van der Waals surface area contributed by atoms with Gasteiger partial charge in [-0.3, -0.25) is 15.0 Å². The number of phenolic OH excluding ortho intramolecular Hbond substituents is 1. The number of ether oxygens (including phenoxy) is 1. The first kappa shape index (κ1) is 34.9.